The molecule has 0 unspecified atom stereocenters. The van der Waals surface area contributed by atoms with E-state index >= 15 is 0 Å². The normalized spacial score (nSPS) is 19.7. The maximum Gasteiger partial charge on any atom is 0.257 e. The van der Waals surface area contributed by atoms with Gasteiger partial charge in [-0.15, -0.1) is 0 Å². The van der Waals surface area contributed by atoms with Crippen LogP contribution in [0.1, 0.15) is 10.4 Å². The number of hydrogen-bond donors (Lipinski definition) is 1. The second kappa shape index (κ2) is 5.92. The minimum Gasteiger partial charge on any atom is -0.496 e. The van der Waals surface area contributed by atoms with Crippen LogP contribution in [0.5, 0.6) is 5.75 Å². The van der Waals surface area contributed by atoms with Crippen molar-refractivity contribution in [2.24, 2.45) is 5.73 Å². The number of piperazine rings is 1. The van der Waals surface area contributed by atoms with Crippen LogP contribution in [-0.4, -0.2) is 61.4 Å². The first-order valence-corrected chi connectivity index (χ1v) is 6.46. The molecule has 0 saturated carbocycles. The summed E-state index contributed by atoms with van der Waals surface area (Å²) in [5.41, 5.74) is 5.87. The Bertz CT molecular complexity index is 518. The molecule has 0 spiro atoms. The Kier molecular flexibility index (Phi) is 4.24. The molecular formula is C14H19N3O3. The fourth-order valence-electron chi connectivity index (χ4n) is 2.36. The van der Waals surface area contributed by atoms with Crippen molar-refractivity contribution in [2.45, 2.75) is 6.04 Å². The quantitative estimate of drug-likeness (QED) is 0.839. The largest absolute Gasteiger partial charge is 0.496 e. The van der Waals surface area contributed by atoms with Gasteiger partial charge in [0.25, 0.3) is 5.91 Å². The fourth-order valence-corrected chi connectivity index (χ4v) is 2.36. The average molecular weight is 277 g/mol. The number of benzene rings is 1. The molecule has 2 rings (SSSR count). The molecule has 1 fully saturated rings. The van der Waals surface area contributed by atoms with Crippen LogP contribution < -0.4 is 10.5 Å². The average Bonchev–Trinajstić information content (AvgIpc) is 2.46. The van der Waals surface area contributed by atoms with Gasteiger partial charge in [-0.2, -0.15) is 0 Å². The maximum atomic E-state index is 12.5. The van der Waals surface area contributed by atoms with Crippen LogP contribution in [0.3, 0.4) is 0 Å². The van der Waals surface area contributed by atoms with E-state index < -0.39 is 11.9 Å². The number of hydrogen-bond acceptors (Lipinski definition) is 4. The van der Waals surface area contributed by atoms with Gasteiger partial charge in [-0.05, 0) is 19.2 Å². The van der Waals surface area contributed by atoms with E-state index in [9.17, 15) is 9.59 Å². The summed E-state index contributed by atoms with van der Waals surface area (Å²) in [5, 5.41) is 0. The Balaban J connectivity index is 2.19. The van der Waals surface area contributed by atoms with E-state index in [-0.39, 0.29) is 5.91 Å². The third-order valence-electron chi connectivity index (χ3n) is 3.60. The number of carbonyl (C=O) groups excluding carboxylic acids is 2. The number of likely N-dealkylation sites (N-methyl/N-ethyl adjacent to an activating group) is 1. The van der Waals surface area contributed by atoms with E-state index in [0.29, 0.717) is 30.9 Å². The Morgan fingerprint density at radius 1 is 1.30 bits per heavy atom. The molecule has 0 aliphatic carbocycles. The van der Waals surface area contributed by atoms with Crippen LogP contribution in [0.4, 0.5) is 0 Å². The standard InChI is InChI=1S/C14H19N3O3/c1-16-7-8-17(9-11(16)13(15)18)14(19)10-5-3-4-6-12(10)20-2/h3-6,11H,7-9H2,1-2H3,(H2,15,18)/t11-/m0/s1. The molecule has 2 amide bonds. The van der Waals surface area contributed by atoms with E-state index in [1.807, 2.05) is 18.0 Å². The summed E-state index contributed by atoms with van der Waals surface area (Å²) < 4.78 is 5.20. The number of ether oxygens (including phenoxy) is 1. The van der Waals surface area contributed by atoms with Gasteiger partial charge < -0.3 is 15.4 Å². The van der Waals surface area contributed by atoms with Gasteiger partial charge in [-0.25, -0.2) is 0 Å². The van der Waals surface area contributed by atoms with Crippen molar-refractivity contribution in [1.82, 2.24) is 9.80 Å². The molecule has 108 valence electrons. The summed E-state index contributed by atoms with van der Waals surface area (Å²) in [5.74, 6) is -0.0149. The highest BCUT2D eigenvalue weighted by Crippen LogP contribution is 2.20. The number of nitrogens with two attached hydrogens (primary N) is 1. The zero-order chi connectivity index (χ0) is 14.7. The SMILES string of the molecule is COc1ccccc1C(=O)N1CCN(C)[C@H](C(N)=O)C1. The minimum atomic E-state index is -0.442. The Morgan fingerprint density at radius 2 is 2.00 bits per heavy atom. The molecule has 1 saturated heterocycles. The van der Waals surface area contributed by atoms with Crippen LogP contribution in [0.25, 0.3) is 0 Å². The predicted molar refractivity (Wildman–Crippen MR) is 74.5 cm³/mol. The summed E-state index contributed by atoms with van der Waals surface area (Å²) in [4.78, 5) is 27.5. The Hall–Kier alpha value is -2.08. The lowest BCUT2D eigenvalue weighted by Gasteiger charge is -2.37. The highest BCUT2D eigenvalue weighted by molar-refractivity contribution is 5.97. The molecule has 1 aliphatic heterocycles. The van der Waals surface area contributed by atoms with Gasteiger partial charge in [0, 0.05) is 19.6 Å². The van der Waals surface area contributed by atoms with Gasteiger partial charge in [0.15, 0.2) is 0 Å². The molecule has 1 aliphatic rings. The van der Waals surface area contributed by atoms with Crippen molar-refractivity contribution in [1.29, 1.82) is 0 Å². The first-order chi connectivity index (χ1) is 9.54. The highest BCUT2D eigenvalue weighted by Gasteiger charge is 2.31. The number of methoxy groups -OCH3 is 1. The summed E-state index contributed by atoms with van der Waals surface area (Å²) in [6.45, 7) is 1.49. The van der Waals surface area contributed by atoms with E-state index in [2.05, 4.69) is 0 Å². The molecule has 20 heavy (non-hydrogen) atoms. The lowest BCUT2D eigenvalue weighted by molar-refractivity contribution is -0.124. The maximum absolute atomic E-state index is 12.5. The number of amides is 2. The molecular weight excluding hydrogens is 258 g/mol. The van der Waals surface area contributed by atoms with Crippen LogP contribution in [-0.2, 0) is 4.79 Å². The third-order valence-corrected chi connectivity index (χ3v) is 3.60. The molecule has 0 bridgehead atoms. The van der Waals surface area contributed by atoms with Crippen molar-refractivity contribution in [3.8, 4) is 5.75 Å². The zero-order valence-electron chi connectivity index (χ0n) is 11.7. The predicted octanol–water partition coefficient (Wildman–Crippen LogP) is -0.0633. The molecule has 0 aromatic heterocycles. The minimum absolute atomic E-state index is 0.137. The smallest absolute Gasteiger partial charge is 0.257 e. The summed E-state index contributed by atoms with van der Waals surface area (Å²) in [6, 6.07) is 6.62. The first kappa shape index (κ1) is 14.3. The van der Waals surface area contributed by atoms with Crippen molar-refractivity contribution in [3.63, 3.8) is 0 Å². The molecule has 1 aromatic rings. The fraction of sp³-hybridized carbons (Fsp3) is 0.429. The van der Waals surface area contributed by atoms with Crippen LogP contribution >= 0.6 is 0 Å². The van der Waals surface area contributed by atoms with E-state index in [4.69, 9.17) is 10.5 Å². The van der Waals surface area contributed by atoms with Gasteiger partial charge in [-0.3, -0.25) is 14.5 Å². The number of para-hydroxylation sites is 1. The van der Waals surface area contributed by atoms with Crippen LogP contribution in [0.15, 0.2) is 24.3 Å². The summed E-state index contributed by atoms with van der Waals surface area (Å²) in [6.07, 6.45) is 0. The molecule has 1 aromatic carbocycles. The van der Waals surface area contributed by atoms with Crippen molar-refractivity contribution < 1.29 is 14.3 Å². The third kappa shape index (κ3) is 2.75. The molecule has 6 heteroatoms. The lowest BCUT2D eigenvalue weighted by Crippen LogP contribution is -2.57. The second-order valence-electron chi connectivity index (χ2n) is 4.85. The van der Waals surface area contributed by atoms with Gasteiger partial charge in [-0.1, -0.05) is 12.1 Å². The molecule has 1 atom stereocenters. The first-order valence-electron chi connectivity index (χ1n) is 6.46. The lowest BCUT2D eigenvalue weighted by atomic mass is 10.1. The van der Waals surface area contributed by atoms with Gasteiger partial charge >= 0.3 is 0 Å². The van der Waals surface area contributed by atoms with Crippen LogP contribution in [0, 0.1) is 0 Å². The van der Waals surface area contributed by atoms with Crippen molar-refractivity contribution in [3.05, 3.63) is 29.8 Å². The molecule has 6 nitrogen and oxygen atoms in total. The summed E-state index contributed by atoms with van der Waals surface area (Å²) in [7, 11) is 3.36. The number of nitrogens with zero attached hydrogens (tertiary/aromatic N) is 2. The Labute approximate surface area is 118 Å². The van der Waals surface area contributed by atoms with Gasteiger partial charge in [0.2, 0.25) is 5.91 Å². The van der Waals surface area contributed by atoms with Crippen molar-refractivity contribution >= 4 is 11.8 Å². The van der Waals surface area contributed by atoms with E-state index in [1.165, 1.54) is 7.11 Å². The zero-order valence-corrected chi connectivity index (χ0v) is 11.7. The second-order valence-corrected chi connectivity index (χ2v) is 4.85. The Morgan fingerprint density at radius 3 is 2.65 bits per heavy atom. The van der Waals surface area contributed by atoms with E-state index in [0.717, 1.165) is 0 Å². The molecule has 0 radical (unpaired) electrons. The van der Waals surface area contributed by atoms with Gasteiger partial charge in [0.05, 0.1) is 12.7 Å². The van der Waals surface area contributed by atoms with Gasteiger partial charge in [0.1, 0.15) is 11.8 Å². The monoisotopic (exact) mass is 277 g/mol. The number of carbonyl (C=O) groups is 2. The molecule has 2 N–H and O–H groups in total. The summed E-state index contributed by atoms with van der Waals surface area (Å²) >= 11 is 0. The highest BCUT2D eigenvalue weighted by atomic mass is 16.5. The number of primary amides is 1. The number of rotatable bonds is 3. The van der Waals surface area contributed by atoms with E-state index in [1.54, 1.807) is 23.1 Å². The topological polar surface area (TPSA) is 75.9 Å². The molecule has 1 heterocycles. The van der Waals surface area contributed by atoms with Crippen LogP contribution in [0.2, 0.25) is 0 Å². The van der Waals surface area contributed by atoms with Crippen molar-refractivity contribution in [2.75, 3.05) is 33.8 Å².